The molecule has 12 heteroatoms. The molecule has 0 fully saturated rings. The molecule has 0 saturated carbocycles. The van der Waals surface area contributed by atoms with Gasteiger partial charge in [-0.3, -0.25) is 9.10 Å². The first-order chi connectivity index (χ1) is 13.4. The second-order valence-corrected chi connectivity index (χ2v) is 8.36. The summed E-state index contributed by atoms with van der Waals surface area (Å²) in [5.74, 6) is 0.120. The van der Waals surface area contributed by atoms with Crippen molar-refractivity contribution in [1.29, 1.82) is 0 Å². The van der Waals surface area contributed by atoms with Crippen LogP contribution in [-0.2, 0) is 21.0 Å². The number of anilines is 2. The summed E-state index contributed by atoms with van der Waals surface area (Å²) in [4.78, 5) is 12.4. The zero-order valence-electron chi connectivity index (χ0n) is 14.8. The Hall–Kier alpha value is -2.66. The fourth-order valence-electron chi connectivity index (χ4n) is 2.59. The van der Waals surface area contributed by atoms with Crippen molar-refractivity contribution < 1.29 is 35.9 Å². The van der Waals surface area contributed by atoms with Gasteiger partial charge in [-0.1, -0.05) is 11.6 Å². The fourth-order valence-corrected chi connectivity index (χ4v) is 3.66. The van der Waals surface area contributed by atoms with Crippen molar-refractivity contribution in [2.24, 2.45) is 0 Å². The number of halogens is 4. The Bertz CT molecular complexity index is 1060. The molecular formula is C17H14ClF3N2O5S. The Kier molecular flexibility index (Phi) is 5.54. The van der Waals surface area contributed by atoms with Gasteiger partial charge in [-0.2, -0.15) is 13.2 Å². The largest absolute Gasteiger partial charge is 0.454 e. The molecule has 0 spiro atoms. The highest BCUT2D eigenvalue weighted by molar-refractivity contribution is 7.92. The maximum Gasteiger partial charge on any atom is 0.417 e. The summed E-state index contributed by atoms with van der Waals surface area (Å²) in [5.41, 5.74) is -1.24. The summed E-state index contributed by atoms with van der Waals surface area (Å²) in [7, 11) is -4.07. The molecule has 0 bridgehead atoms. The van der Waals surface area contributed by atoms with Crippen LogP contribution in [0.3, 0.4) is 0 Å². The van der Waals surface area contributed by atoms with Gasteiger partial charge in [0.25, 0.3) is 0 Å². The molecule has 156 valence electrons. The Balaban J connectivity index is 1.84. The highest BCUT2D eigenvalue weighted by Crippen LogP contribution is 2.37. The molecule has 1 N–H and O–H groups in total. The molecule has 1 heterocycles. The van der Waals surface area contributed by atoms with Crippen molar-refractivity contribution in [1.82, 2.24) is 0 Å². The van der Waals surface area contributed by atoms with Gasteiger partial charge in [0.2, 0.25) is 22.7 Å². The number of carbonyl (C=O) groups is 1. The van der Waals surface area contributed by atoms with E-state index in [1.807, 2.05) is 0 Å². The van der Waals surface area contributed by atoms with Crippen LogP contribution in [0, 0.1) is 0 Å². The molecule has 2 aromatic rings. The van der Waals surface area contributed by atoms with Crippen LogP contribution in [0.2, 0.25) is 5.02 Å². The fraction of sp³-hybridized carbons (Fsp3) is 0.235. The average molecular weight is 451 g/mol. The molecule has 3 rings (SSSR count). The zero-order chi connectivity index (χ0) is 21.4. The van der Waals surface area contributed by atoms with E-state index in [1.165, 1.54) is 12.1 Å². The van der Waals surface area contributed by atoms with Crippen LogP contribution >= 0.6 is 11.6 Å². The molecule has 0 unspecified atom stereocenters. The zero-order valence-corrected chi connectivity index (χ0v) is 16.4. The third-order valence-electron chi connectivity index (χ3n) is 3.89. The van der Waals surface area contributed by atoms with Crippen molar-refractivity contribution in [2.75, 3.05) is 29.2 Å². The van der Waals surface area contributed by atoms with Crippen LogP contribution < -0.4 is 19.1 Å². The maximum atomic E-state index is 13.1. The number of nitrogens with one attached hydrogen (secondary N) is 1. The maximum absolute atomic E-state index is 13.1. The van der Waals surface area contributed by atoms with Gasteiger partial charge in [0.1, 0.15) is 6.54 Å². The number of ether oxygens (including phenoxy) is 2. The number of hydrogen-bond donors (Lipinski definition) is 1. The number of benzene rings is 2. The first-order valence-electron chi connectivity index (χ1n) is 7.99. The number of amides is 1. The van der Waals surface area contributed by atoms with E-state index in [1.54, 1.807) is 6.07 Å². The molecule has 1 amide bonds. The molecule has 2 aromatic carbocycles. The quantitative estimate of drug-likeness (QED) is 0.753. The number of alkyl halides is 3. The standard InChI is InChI=1S/C17H14ClF3N2O5S/c1-29(25,26)23(11-3-4-13(18)12(7-11)17(19,20)21)8-16(24)22-10-2-5-14-15(6-10)28-9-27-14/h2-7H,8-9H2,1H3,(H,22,24). The lowest BCUT2D eigenvalue weighted by molar-refractivity contribution is -0.137. The van der Waals surface area contributed by atoms with Crippen LogP contribution in [0.15, 0.2) is 36.4 Å². The van der Waals surface area contributed by atoms with E-state index in [0.29, 0.717) is 27.6 Å². The van der Waals surface area contributed by atoms with E-state index in [2.05, 4.69) is 5.32 Å². The third kappa shape index (κ3) is 4.85. The predicted molar refractivity (Wildman–Crippen MR) is 99.8 cm³/mol. The minimum absolute atomic E-state index is 0.0344. The number of hydrogen-bond acceptors (Lipinski definition) is 5. The Labute approximate surface area is 169 Å². The first kappa shape index (κ1) is 21.1. The molecular weight excluding hydrogens is 437 g/mol. The molecule has 1 aliphatic rings. The number of sulfonamides is 1. The molecule has 1 aliphatic heterocycles. The molecule has 29 heavy (non-hydrogen) atoms. The molecule has 0 aromatic heterocycles. The predicted octanol–water partition coefficient (Wildman–Crippen LogP) is 3.49. The second-order valence-electron chi connectivity index (χ2n) is 6.05. The van der Waals surface area contributed by atoms with Crippen molar-refractivity contribution in [3.63, 3.8) is 0 Å². The summed E-state index contributed by atoms with van der Waals surface area (Å²) in [6.07, 6.45) is -4.01. The Morgan fingerprint density at radius 3 is 2.52 bits per heavy atom. The van der Waals surface area contributed by atoms with Gasteiger partial charge in [0.05, 0.1) is 22.5 Å². The molecule has 0 radical (unpaired) electrons. The topological polar surface area (TPSA) is 84.9 Å². The SMILES string of the molecule is CS(=O)(=O)N(CC(=O)Nc1ccc2c(c1)OCO2)c1ccc(Cl)c(C(F)(F)F)c1. The van der Waals surface area contributed by atoms with E-state index in [-0.39, 0.29) is 12.5 Å². The van der Waals surface area contributed by atoms with Crippen molar-refractivity contribution in [3.05, 3.63) is 47.0 Å². The van der Waals surface area contributed by atoms with Gasteiger partial charge in [-0.25, -0.2) is 8.42 Å². The molecule has 7 nitrogen and oxygen atoms in total. The lowest BCUT2D eigenvalue weighted by Crippen LogP contribution is -2.37. The van der Waals surface area contributed by atoms with E-state index in [4.69, 9.17) is 21.1 Å². The first-order valence-corrected chi connectivity index (χ1v) is 10.2. The van der Waals surface area contributed by atoms with Crippen molar-refractivity contribution in [3.8, 4) is 11.5 Å². The van der Waals surface area contributed by atoms with Crippen molar-refractivity contribution in [2.45, 2.75) is 6.18 Å². The van der Waals surface area contributed by atoms with E-state index < -0.39 is 39.2 Å². The smallest absolute Gasteiger partial charge is 0.417 e. The van der Waals surface area contributed by atoms with Crippen LogP contribution in [0.4, 0.5) is 24.5 Å². The monoisotopic (exact) mass is 450 g/mol. The Morgan fingerprint density at radius 1 is 1.17 bits per heavy atom. The van der Waals surface area contributed by atoms with Gasteiger partial charge in [0.15, 0.2) is 11.5 Å². The van der Waals surface area contributed by atoms with Crippen LogP contribution in [0.25, 0.3) is 0 Å². The number of carbonyl (C=O) groups excluding carboxylic acids is 1. The van der Waals surface area contributed by atoms with Crippen molar-refractivity contribution >= 4 is 38.9 Å². The van der Waals surface area contributed by atoms with Crippen LogP contribution in [-0.4, -0.2) is 33.9 Å². The van der Waals surface area contributed by atoms with Gasteiger partial charge < -0.3 is 14.8 Å². The van der Waals surface area contributed by atoms with Gasteiger partial charge in [-0.15, -0.1) is 0 Å². The van der Waals surface area contributed by atoms with Crippen LogP contribution in [0.5, 0.6) is 11.5 Å². The number of nitrogens with zero attached hydrogens (tertiary/aromatic N) is 1. The van der Waals surface area contributed by atoms with Gasteiger partial charge in [0, 0.05) is 11.8 Å². The highest BCUT2D eigenvalue weighted by Gasteiger charge is 2.34. The Morgan fingerprint density at radius 2 is 1.86 bits per heavy atom. The molecule has 0 atom stereocenters. The molecule has 0 saturated heterocycles. The average Bonchev–Trinajstić information content (AvgIpc) is 3.06. The second kappa shape index (κ2) is 7.64. The number of rotatable bonds is 5. The summed E-state index contributed by atoms with van der Waals surface area (Å²) in [5, 5.41) is 1.89. The summed E-state index contributed by atoms with van der Waals surface area (Å²) < 4.78 is 74.4. The summed E-state index contributed by atoms with van der Waals surface area (Å²) in [6.45, 7) is -0.709. The minimum Gasteiger partial charge on any atom is -0.454 e. The van der Waals surface area contributed by atoms with E-state index in [9.17, 15) is 26.4 Å². The third-order valence-corrected chi connectivity index (χ3v) is 5.36. The lowest BCUT2D eigenvalue weighted by Gasteiger charge is -2.23. The van der Waals surface area contributed by atoms with E-state index >= 15 is 0 Å². The lowest BCUT2D eigenvalue weighted by atomic mass is 10.2. The summed E-state index contributed by atoms with van der Waals surface area (Å²) in [6, 6.07) is 7.15. The normalized spacial score (nSPS) is 13.3. The van der Waals surface area contributed by atoms with E-state index in [0.717, 1.165) is 18.4 Å². The van der Waals surface area contributed by atoms with Gasteiger partial charge in [-0.05, 0) is 30.3 Å². The van der Waals surface area contributed by atoms with Gasteiger partial charge >= 0.3 is 6.18 Å². The highest BCUT2D eigenvalue weighted by atomic mass is 35.5. The molecule has 0 aliphatic carbocycles. The minimum atomic E-state index is -4.79. The summed E-state index contributed by atoms with van der Waals surface area (Å²) >= 11 is 5.57. The van der Waals surface area contributed by atoms with Crippen LogP contribution in [0.1, 0.15) is 5.56 Å². The number of fused-ring (bicyclic) bond motifs is 1.